The minimum absolute atomic E-state index is 0.213. The predicted molar refractivity (Wildman–Crippen MR) is 85.7 cm³/mol. The molecule has 23 heavy (non-hydrogen) atoms. The van der Waals surface area contributed by atoms with Crippen LogP contribution in [0.4, 0.5) is 0 Å². The van der Waals surface area contributed by atoms with Crippen LogP contribution in [0.1, 0.15) is 17.1 Å². The smallest absolute Gasteiger partial charge is 0.181 e. The Morgan fingerprint density at radius 3 is 3.04 bits per heavy atom. The van der Waals surface area contributed by atoms with Gasteiger partial charge in [-0.05, 0) is 31.5 Å². The molecule has 0 aromatic carbocycles. The first-order valence-corrected chi connectivity index (χ1v) is 7.88. The van der Waals surface area contributed by atoms with E-state index in [1.807, 2.05) is 25.1 Å². The molecule has 0 bridgehead atoms. The second-order valence-corrected chi connectivity index (χ2v) is 6.34. The summed E-state index contributed by atoms with van der Waals surface area (Å²) in [6, 6.07) is 5.99. The van der Waals surface area contributed by atoms with Crippen LogP contribution in [0.15, 0.2) is 24.4 Å². The van der Waals surface area contributed by atoms with E-state index < -0.39 is 0 Å². The summed E-state index contributed by atoms with van der Waals surface area (Å²) in [5.41, 5.74) is 3.87. The summed E-state index contributed by atoms with van der Waals surface area (Å²) >= 11 is 0. The predicted octanol–water partition coefficient (Wildman–Crippen LogP) is 1.02. The van der Waals surface area contributed by atoms with Crippen LogP contribution in [-0.4, -0.2) is 54.6 Å². The van der Waals surface area contributed by atoms with Gasteiger partial charge < -0.3 is 5.11 Å². The summed E-state index contributed by atoms with van der Waals surface area (Å²) in [6.45, 7) is 4.27. The van der Waals surface area contributed by atoms with E-state index in [0.717, 1.165) is 47.6 Å². The fourth-order valence-corrected chi connectivity index (χ4v) is 3.37. The van der Waals surface area contributed by atoms with E-state index in [1.165, 1.54) is 0 Å². The third-order valence-corrected chi connectivity index (χ3v) is 4.50. The van der Waals surface area contributed by atoms with Crippen LogP contribution in [0.3, 0.4) is 0 Å². The van der Waals surface area contributed by atoms with Gasteiger partial charge in [0.05, 0.1) is 17.5 Å². The number of β-amino-alcohol motifs (C(OH)–C–C–N with tert-alkyl or cyclic N) is 1. The molecular formula is C16H20N6O. The van der Waals surface area contributed by atoms with Gasteiger partial charge in [-0.25, -0.2) is 4.98 Å². The van der Waals surface area contributed by atoms with Gasteiger partial charge in [-0.15, -0.1) is 0 Å². The van der Waals surface area contributed by atoms with E-state index >= 15 is 0 Å². The number of H-pyrrole nitrogens is 2. The highest BCUT2D eigenvalue weighted by molar-refractivity contribution is 5.77. The molecule has 0 aliphatic carbocycles. The minimum atomic E-state index is -0.320. The number of hydrogen-bond acceptors (Lipinski definition) is 5. The zero-order chi connectivity index (χ0) is 15.8. The molecule has 0 spiro atoms. The van der Waals surface area contributed by atoms with E-state index in [-0.39, 0.29) is 12.0 Å². The minimum Gasteiger partial charge on any atom is -0.391 e. The first kappa shape index (κ1) is 14.3. The fraction of sp³-hybridized carbons (Fsp3) is 0.438. The second-order valence-electron chi connectivity index (χ2n) is 6.34. The molecule has 0 radical (unpaired) electrons. The van der Waals surface area contributed by atoms with Crippen molar-refractivity contribution in [2.75, 3.05) is 13.1 Å². The quantitative estimate of drug-likeness (QED) is 0.669. The van der Waals surface area contributed by atoms with Crippen LogP contribution in [0, 0.1) is 12.8 Å². The Morgan fingerprint density at radius 1 is 1.30 bits per heavy atom. The fourth-order valence-electron chi connectivity index (χ4n) is 3.37. The van der Waals surface area contributed by atoms with Gasteiger partial charge in [-0.3, -0.25) is 15.1 Å². The molecule has 7 nitrogen and oxygen atoms in total. The van der Waals surface area contributed by atoms with Crippen LogP contribution < -0.4 is 0 Å². The topological polar surface area (TPSA) is 93.7 Å². The van der Waals surface area contributed by atoms with Gasteiger partial charge >= 0.3 is 0 Å². The maximum atomic E-state index is 10.4. The molecule has 0 saturated carbocycles. The Hall–Kier alpha value is -2.25. The average Bonchev–Trinajstić information content (AvgIpc) is 3.22. The number of hydrogen-bond donors (Lipinski definition) is 3. The molecule has 7 heteroatoms. The number of aliphatic hydroxyl groups is 1. The van der Waals surface area contributed by atoms with Crippen LogP contribution in [0.2, 0.25) is 0 Å². The number of fused-ring (bicyclic) bond motifs is 1. The summed E-state index contributed by atoms with van der Waals surface area (Å²) in [5.74, 6) is 0.213. The lowest BCUT2D eigenvalue weighted by atomic mass is 10.0. The third-order valence-electron chi connectivity index (χ3n) is 4.50. The molecule has 1 aliphatic rings. The van der Waals surface area contributed by atoms with Crippen LogP contribution >= 0.6 is 0 Å². The number of nitrogens with zero attached hydrogens (tertiary/aromatic N) is 4. The van der Waals surface area contributed by atoms with Gasteiger partial charge in [0.1, 0.15) is 0 Å². The Labute approximate surface area is 133 Å². The summed E-state index contributed by atoms with van der Waals surface area (Å²) < 4.78 is 0. The zero-order valence-electron chi connectivity index (χ0n) is 13.0. The second kappa shape index (κ2) is 5.75. The molecule has 3 aromatic heterocycles. The monoisotopic (exact) mass is 312 g/mol. The Bertz CT molecular complexity index is 810. The van der Waals surface area contributed by atoms with Gasteiger partial charge in [0.25, 0.3) is 0 Å². The number of likely N-dealkylation sites (tertiary alicyclic amines) is 1. The highest BCUT2D eigenvalue weighted by Gasteiger charge is 2.32. The van der Waals surface area contributed by atoms with Gasteiger partial charge in [-0.2, -0.15) is 10.2 Å². The highest BCUT2D eigenvalue weighted by atomic mass is 16.3. The van der Waals surface area contributed by atoms with E-state index in [2.05, 4.69) is 30.3 Å². The molecule has 3 N–H and O–H groups in total. The molecule has 1 aliphatic heterocycles. The molecule has 0 amide bonds. The molecule has 4 rings (SSSR count). The average molecular weight is 312 g/mol. The summed E-state index contributed by atoms with van der Waals surface area (Å²) in [5, 5.41) is 25.9. The molecule has 4 heterocycles. The van der Waals surface area contributed by atoms with Crippen LogP contribution in [0.5, 0.6) is 0 Å². The normalized spacial score (nSPS) is 22.2. The zero-order valence-corrected chi connectivity index (χ0v) is 13.0. The number of aromatic amines is 2. The summed E-state index contributed by atoms with van der Waals surface area (Å²) in [4.78, 5) is 6.50. The molecule has 2 atom stereocenters. The molecule has 120 valence electrons. The molecule has 1 fully saturated rings. The number of aromatic nitrogens is 5. The van der Waals surface area contributed by atoms with Gasteiger partial charge in [-0.1, -0.05) is 0 Å². The standard InChI is InChI=1S/C16H20N6O/c1-10-5-12(19-18-10)6-11-7-22(9-15(11)23)8-14-13-3-2-4-17-16(13)21-20-14/h2-5,11,15,23H,6-9H2,1H3,(H,18,19)(H,17,20,21)/t11-,15+/m1/s1. The van der Waals surface area contributed by atoms with E-state index in [4.69, 9.17) is 0 Å². The van der Waals surface area contributed by atoms with Crippen LogP contribution in [0.25, 0.3) is 11.0 Å². The first-order chi connectivity index (χ1) is 11.2. The Balaban J connectivity index is 1.45. The van der Waals surface area contributed by atoms with Crippen molar-refractivity contribution in [3.8, 4) is 0 Å². The molecule has 1 saturated heterocycles. The number of aliphatic hydroxyl groups excluding tert-OH is 1. The highest BCUT2D eigenvalue weighted by Crippen LogP contribution is 2.24. The van der Waals surface area contributed by atoms with Crippen molar-refractivity contribution in [3.63, 3.8) is 0 Å². The van der Waals surface area contributed by atoms with Crippen molar-refractivity contribution in [2.24, 2.45) is 5.92 Å². The van der Waals surface area contributed by atoms with Crippen molar-refractivity contribution < 1.29 is 5.11 Å². The Kier molecular flexibility index (Phi) is 3.59. The van der Waals surface area contributed by atoms with Gasteiger partial charge in [0, 0.05) is 42.8 Å². The summed E-state index contributed by atoms with van der Waals surface area (Å²) in [6.07, 6.45) is 2.22. The lowest BCUT2D eigenvalue weighted by Crippen LogP contribution is -2.21. The molecular weight excluding hydrogens is 292 g/mol. The Morgan fingerprint density at radius 2 is 2.22 bits per heavy atom. The lowest BCUT2D eigenvalue weighted by Gasteiger charge is -2.14. The maximum Gasteiger partial charge on any atom is 0.181 e. The largest absolute Gasteiger partial charge is 0.391 e. The lowest BCUT2D eigenvalue weighted by molar-refractivity contribution is 0.140. The SMILES string of the molecule is Cc1cc(C[C@@H]2CN(Cc3[nH]nc4ncccc34)C[C@@H]2O)n[nH]1. The van der Waals surface area contributed by atoms with Crippen molar-refractivity contribution in [3.05, 3.63) is 41.5 Å². The van der Waals surface area contributed by atoms with Crippen molar-refractivity contribution in [1.82, 2.24) is 30.3 Å². The van der Waals surface area contributed by atoms with E-state index in [9.17, 15) is 5.11 Å². The number of rotatable bonds is 4. The van der Waals surface area contributed by atoms with Gasteiger partial charge in [0.2, 0.25) is 0 Å². The number of aryl methyl sites for hydroxylation is 1. The van der Waals surface area contributed by atoms with Crippen molar-refractivity contribution >= 4 is 11.0 Å². The first-order valence-electron chi connectivity index (χ1n) is 7.88. The number of nitrogens with one attached hydrogen (secondary N) is 2. The van der Waals surface area contributed by atoms with E-state index in [0.29, 0.717) is 6.54 Å². The molecule has 3 aromatic rings. The number of pyridine rings is 1. The van der Waals surface area contributed by atoms with Crippen molar-refractivity contribution in [2.45, 2.75) is 26.0 Å². The van der Waals surface area contributed by atoms with Crippen molar-refractivity contribution in [1.29, 1.82) is 0 Å². The third kappa shape index (κ3) is 2.85. The summed E-state index contributed by atoms with van der Waals surface area (Å²) in [7, 11) is 0. The van der Waals surface area contributed by atoms with Crippen LogP contribution in [-0.2, 0) is 13.0 Å². The maximum absolute atomic E-state index is 10.4. The van der Waals surface area contributed by atoms with E-state index in [1.54, 1.807) is 6.20 Å². The molecule has 0 unspecified atom stereocenters. The van der Waals surface area contributed by atoms with Gasteiger partial charge in [0.15, 0.2) is 5.65 Å².